The van der Waals surface area contributed by atoms with Gasteiger partial charge in [0.15, 0.2) is 0 Å². The fraction of sp³-hybridized carbons (Fsp3) is 0.923. The molecular weight excluding hydrogens is 200 g/mol. The molecule has 0 saturated carbocycles. The normalized spacial score (nSPS) is 16.6. The number of likely N-dealkylation sites (tertiary alicyclic amines) is 1. The molecule has 3 nitrogen and oxygen atoms in total. The molecule has 0 bridgehead atoms. The van der Waals surface area contributed by atoms with Crippen LogP contribution < -0.4 is 0 Å². The van der Waals surface area contributed by atoms with Crippen LogP contribution in [0.2, 0.25) is 0 Å². The number of hydrogen-bond donors (Lipinski definition) is 0. The summed E-state index contributed by atoms with van der Waals surface area (Å²) in [5, 5.41) is 0. The lowest BCUT2D eigenvalue weighted by molar-refractivity contribution is -0.131. The average molecular weight is 226 g/mol. The smallest absolute Gasteiger partial charge is 0.222 e. The fourth-order valence-electron chi connectivity index (χ4n) is 2.20. The standard InChI is InChI=1S/C13H26N2O/c1-3-5-10-15(13(16)4-2)12-11-14-8-6-7-9-14/h3-12H2,1-2H3. The molecule has 1 rings (SSSR count). The highest BCUT2D eigenvalue weighted by molar-refractivity contribution is 5.75. The van der Waals surface area contributed by atoms with Crippen molar-refractivity contribution in [3.05, 3.63) is 0 Å². The zero-order valence-electron chi connectivity index (χ0n) is 10.9. The Labute approximate surface area is 99.8 Å². The third-order valence-electron chi connectivity index (χ3n) is 3.32. The van der Waals surface area contributed by atoms with Crippen molar-refractivity contribution in [2.45, 2.75) is 46.0 Å². The minimum atomic E-state index is 0.313. The summed E-state index contributed by atoms with van der Waals surface area (Å²) in [7, 11) is 0. The van der Waals surface area contributed by atoms with Crippen molar-refractivity contribution in [2.24, 2.45) is 0 Å². The summed E-state index contributed by atoms with van der Waals surface area (Å²) in [6.07, 6.45) is 5.60. The van der Waals surface area contributed by atoms with E-state index in [0.29, 0.717) is 12.3 Å². The van der Waals surface area contributed by atoms with Crippen LogP contribution in [0.4, 0.5) is 0 Å². The first-order valence-electron chi connectivity index (χ1n) is 6.78. The first kappa shape index (κ1) is 13.5. The van der Waals surface area contributed by atoms with Crippen LogP contribution in [0.1, 0.15) is 46.0 Å². The van der Waals surface area contributed by atoms with Crippen LogP contribution in [0.3, 0.4) is 0 Å². The van der Waals surface area contributed by atoms with Gasteiger partial charge in [-0.25, -0.2) is 0 Å². The van der Waals surface area contributed by atoms with E-state index in [1.165, 1.54) is 25.9 Å². The quantitative estimate of drug-likeness (QED) is 0.664. The van der Waals surface area contributed by atoms with Gasteiger partial charge in [0, 0.05) is 26.1 Å². The van der Waals surface area contributed by atoms with Gasteiger partial charge in [-0.2, -0.15) is 0 Å². The SMILES string of the molecule is CCCCN(CCN1CCCC1)C(=O)CC. The first-order valence-corrected chi connectivity index (χ1v) is 6.78. The molecule has 0 aromatic heterocycles. The highest BCUT2D eigenvalue weighted by Gasteiger charge is 2.15. The maximum Gasteiger partial charge on any atom is 0.222 e. The monoisotopic (exact) mass is 226 g/mol. The average Bonchev–Trinajstić information content (AvgIpc) is 2.81. The first-order chi connectivity index (χ1) is 7.77. The summed E-state index contributed by atoms with van der Waals surface area (Å²) in [5.74, 6) is 0.313. The van der Waals surface area contributed by atoms with E-state index in [0.717, 1.165) is 32.5 Å². The molecule has 1 aliphatic rings. The molecule has 3 heteroatoms. The molecule has 0 N–H and O–H groups in total. The van der Waals surface area contributed by atoms with Gasteiger partial charge >= 0.3 is 0 Å². The molecule has 0 spiro atoms. The largest absolute Gasteiger partial charge is 0.341 e. The molecule has 0 unspecified atom stereocenters. The van der Waals surface area contributed by atoms with Gasteiger partial charge in [0.2, 0.25) is 5.91 Å². The summed E-state index contributed by atoms with van der Waals surface area (Å²) < 4.78 is 0. The second kappa shape index (κ2) is 7.66. The lowest BCUT2D eigenvalue weighted by atomic mass is 10.3. The maximum atomic E-state index is 11.7. The number of amides is 1. The molecule has 1 aliphatic heterocycles. The summed E-state index contributed by atoms with van der Waals surface area (Å²) in [6, 6.07) is 0. The third-order valence-corrected chi connectivity index (χ3v) is 3.32. The molecule has 1 heterocycles. The van der Waals surface area contributed by atoms with Crippen molar-refractivity contribution in [3.63, 3.8) is 0 Å². The van der Waals surface area contributed by atoms with Crippen LogP contribution in [0.5, 0.6) is 0 Å². The molecule has 0 aromatic rings. The highest BCUT2D eigenvalue weighted by Crippen LogP contribution is 2.07. The van der Waals surface area contributed by atoms with E-state index in [-0.39, 0.29) is 0 Å². The van der Waals surface area contributed by atoms with Crippen molar-refractivity contribution in [2.75, 3.05) is 32.7 Å². The molecule has 0 radical (unpaired) electrons. The van der Waals surface area contributed by atoms with E-state index in [4.69, 9.17) is 0 Å². The summed E-state index contributed by atoms with van der Waals surface area (Å²) in [6.45, 7) is 9.51. The van der Waals surface area contributed by atoms with E-state index < -0.39 is 0 Å². The predicted octanol–water partition coefficient (Wildman–Crippen LogP) is 2.12. The molecule has 1 amide bonds. The van der Waals surface area contributed by atoms with Gasteiger partial charge in [-0.15, -0.1) is 0 Å². The van der Waals surface area contributed by atoms with E-state index >= 15 is 0 Å². The Morgan fingerprint density at radius 2 is 1.88 bits per heavy atom. The number of rotatable bonds is 7. The molecule has 0 aromatic carbocycles. The van der Waals surface area contributed by atoms with Gasteiger partial charge in [-0.1, -0.05) is 20.3 Å². The Morgan fingerprint density at radius 3 is 2.44 bits per heavy atom. The molecule has 16 heavy (non-hydrogen) atoms. The highest BCUT2D eigenvalue weighted by atomic mass is 16.2. The molecule has 0 atom stereocenters. The van der Waals surface area contributed by atoms with Gasteiger partial charge in [0.05, 0.1) is 0 Å². The molecular formula is C13H26N2O. The van der Waals surface area contributed by atoms with Crippen molar-refractivity contribution in [3.8, 4) is 0 Å². The van der Waals surface area contributed by atoms with E-state index in [9.17, 15) is 4.79 Å². The Balaban J connectivity index is 2.27. The Hall–Kier alpha value is -0.570. The van der Waals surface area contributed by atoms with Crippen molar-refractivity contribution in [1.82, 2.24) is 9.80 Å². The number of hydrogen-bond acceptors (Lipinski definition) is 2. The molecule has 0 aliphatic carbocycles. The van der Waals surface area contributed by atoms with E-state index in [1.54, 1.807) is 0 Å². The predicted molar refractivity (Wildman–Crippen MR) is 67.5 cm³/mol. The van der Waals surface area contributed by atoms with Crippen molar-refractivity contribution in [1.29, 1.82) is 0 Å². The van der Waals surface area contributed by atoms with Crippen LogP contribution in [-0.2, 0) is 4.79 Å². The number of unbranched alkanes of at least 4 members (excludes halogenated alkanes) is 1. The zero-order chi connectivity index (χ0) is 11.8. The van der Waals surface area contributed by atoms with Gasteiger partial charge < -0.3 is 9.80 Å². The van der Waals surface area contributed by atoms with Crippen LogP contribution in [0.25, 0.3) is 0 Å². The van der Waals surface area contributed by atoms with Gasteiger partial charge in [-0.05, 0) is 32.4 Å². The minimum Gasteiger partial charge on any atom is -0.341 e. The van der Waals surface area contributed by atoms with Crippen LogP contribution in [-0.4, -0.2) is 48.4 Å². The Bertz CT molecular complexity index is 200. The zero-order valence-corrected chi connectivity index (χ0v) is 10.9. The lowest BCUT2D eigenvalue weighted by Crippen LogP contribution is -2.38. The fourth-order valence-corrected chi connectivity index (χ4v) is 2.20. The number of nitrogens with zero attached hydrogens (tertiary/aromatic N) is 2. The lowest BCUT2D eigenvalue weighted by Gasteiger charge is -2.25. The minimum absolute atomic E-state index is 0.313. The van der Waals surface area contributed by atoms with Crippen LogP contribution >= 0.6 is 0 Å². The van der Waals surface area contributed by atoms with Gasteiger partial charge in [0.1, 0.15) is 0 Å². The van der Waals surface area contributed by atoms with E-state index in [1.807, 2.05) is 11.8 Å². The Morgan fingerprint density at radius 1 is 1.19 bits per heavy atom. The van der Waals surface area contributed by atoms with Crippen molar-refractivity contribution < 1.29 is 4.79 Å². The second-order valence-electron chi connectivity index (χ2n) is 4.64. The molecule has 1 saturated heterocycles. The molecule has 94 valence electrons. The number of carbonyl (C=O) groups excluding carboxylic acids is 1. The maximum absolute atomic E-state index is 11.7. The molecule has 1 fully saturated rings. The van der Waals surface area contributed by atoms with Gasteiger partial charge in [-0.3, -0.25) is 4.79 Å². The summed E-state index contributed by atoms with van der Waals surface area (Å²) in [4.78, 5) is 16.2. The topological polar surface area (TPSA) is 23.6 Å². The van der Waals surface area contributed by atoms with Crippen LogP contribution in [0.15, 0.2) is 0 Å². The Kier molecular flexibility index (Phi) is 6.46. The number of carbonyl (C=O) groups is 1. The van der Waals surface area contributed by atoms with Crippen LogP contribution in [0, 0.1) is 0 Å². The van der Waals surface area contributed by atoms with Crippen molar-refractivity contribution >= 4 is 5.91 Å². The second-order valence-corrected chi connectivity index (χ2v) is 4.64. The van der Waals surface area contributed by atoms with E-state index in [2.05, 4.69) is 11.8 Å². The summed E-state index contributed by atoms with van der Waals surface area (Å²) in [5.41, 5.74) is 0. The third kappa shape index (κ3) is 4.52. The summed E-state index contributed by atoms with van der Waals surface area (Å²) >= 11 is 0. The van der Waals surface area contributed by atoms with Gasteiger partial charge in [0.25, 0.3) is 0 Å².